The van der Waals surface area contributed by atoms with E-state index in [0.29, 0.717) is 5.92 Å². The van der Waals surface area contributed by atoms with Crippen molar-refractivity contribution in [1.82, 2.24) is 0 Å². The maximum Gasteiger partial charge on any atom is 0.126 e. The zero-order valence-electron chi connectivity index (χ0n) is 17.0. The molecule has 0 nitrogen and oxygen atoms in total. The summed E-state index contributed by atoms with van der Waals surface area (Å²) in [6, 6.07) is 14.6. The van der Waals surface area contributed by atoms with Gasteiger partial charge >= 0.3 is 0 Å². The molecule has 142 valence electrons. The van der Waals surface area contributed by atoms with Crippen LogP contribution in [0.3, 0.4) is 0 Å². The van der Waals surface area contributed by atoms with Crippen molar-refractivity contribution < 1.29 is 4.39 Å². The molecule has 0 heterocycles. The molecule has 0 N–H and O–H groups in total. The fourth-order valence-corrected chi connectivity index (χ4v) is 4.42. The highest BCUT2D eigenvalue weighted by molar-refractivity contribution is 5.45. The lowest BCUT2D eigenvalue weighted by molar-refractivity contribution is 0.473. The van der Waals surface area contributed by atoms with Gasteiger partial charge in [0.1, 0.15) is 5.82 Å². The van der Waals surface area contributed by atoms with E-state index in [1.165, 1.54) is 16.7 Å². The molecule has 0 saturated heterocycles. The Balaban J connectivity index is 2.11. The predicted octanol–water partition coefficient (Wildman–Crippen LogP) is 7.56. The third-order valence-electron chi connectivity index (χ3n) is 5.83. The van der Waals surface area contributed by atoms with Gasteiger partial charge in [-0.25, -0.2) is 4.39 Å². The molecule has 27 heavy (non-hydrogen) atoms. The van der Waals surface area contributed by atoms with Crippen LogP contribution in [0.1, 0.15) is 74.6 Å². The zero-order valence-corrected chi connectivity index (χ0v) is 17.0. The van der Waals surface area contributed by atoms with Gasteiger partial charge in [0.05, 0.1) is 0 Å². The number of aryl methyl sites for hydroxylation is 1. The number of fused-ring (bicyclic) bond motifs is 1. The highest BCUT2D eigenvalue weighted by atomic mass is 19.1. The Hall–Kier alpha value is -2.15. The van der Waals surface area contributed by atoms with Crippen LogP contribution in [0.4, 0.5) is 4.39 Å². The molecule has 0 fully saturated rings. The van der Waals surface area contributed by atoms with Gasteiger partial charge in [-0.1, -0.05) is 75.4 Å². The summed E-state index contributed by atoms with van der Waals surface area (Å²) < 4.78 is 14.8. The number of halogens is 1. The lowest BCUT2D eigenvalue weighted by Gasteiger charge is -2.35. The first-order valence-corrected chi connectivity index (χ1v) is 10.3. The Morgan fingerprint density at radius 3 is 2.63 bits per heavy atom. The molecule has 2 aromatic rings. The second-order valence-corrected chi connectivity index (χ2v) is 7.86. The Morgan fingerprint density at radius 2 is 1.96 bits per heavy atom. The molecule has 1 aliphatic carbocycles. The van der Waals surface area contributed by atoms with Crippen LogP contribution in [0.5, 0.6) is 0 Å². The smallest absolute Gasteiger partial charge is 0.126 e. The second-order valence-electron chi connectivity index (χ2n) is 7.86. The quantitative estimate of drug-likeness (QED) is 0.481. The van der Waals surface area contributed by atoms with E-state index in [1.807, 2.05) is 19.9 Å². The third kappa shape index (κ3) is 4.08. The Labute approximate surface area is 163 Å². The zero-order chi connectivity index (χ0) is 19.4. The van der Waals surface area contributed by atoms with E-state index < -0.39 is 0 Å². The summed E-state index contributed by atoms with van der Waals surface area (Å²) in [5, 5.41) is 0. The van der Waals surface area contributed by atoms with Crippen LogP contribution in [0.15, 0.2) is 66.3 Å². The second kappa shape index (κ2) is 8.69. The third-order valence-corrected chi connectivity index (χ3v) is 5.83. The lowest BCUT2D eigenvalue weighted by atomic mass is 9.68. The minimum absolute atomic E-state index is 0.0737. The molecule has 0 radical (unpaired) electrons. The first kappa shape index (κ1) is 19.6. The molecule has 0 amide bonds. The van der Waals surface area contributed by atoms with Crippen LogP contribution < -0.4 is 0 Å². The number of hydrogen-bond donors (Lipinski definition) is 0. The first-order chi connectivity index (χ1) is 13.1. The summed E-state index contributed by atoms with van der Waals surface area (Å²) in [7, 11) is 0. The van der Waals surface area contributed by atoms with Crippen molar-refractivity contribution in [1.29, 1.82) is 0 Å². The summed E-state index contributed by atoms with van der Waals surface area (Å²) in [5.41, 5.74) is 6.02. The van der Waals surface area contributed by atoms with Crippen molar-refractivity contribution in [3.8, 4) is 0 Å². The van der Waals surface area contributed by atoms with Gasteiger partial charge < -0.3 is 0 Å². The number of hydrogen-bond acceptors (Lipinski definition) is 0. The number of rotatable bonds is 5. The van der Waals surface area contributed by atoms with Gasteiger partial charge in [-0.05, 0) is 71.9 Å². The van der Waals surface area contributed by atoms with Crippen molar-refractivity contribution >= 4 is 0 Å². The molecule has 1 heteroatoms. The molecule has 2 aromatic carbocycles. The van der Waals surface area contributed by atoms with Gasteiger partial charge in [-0.2, -0.15) is 0 Å². The average Bonchev–Trinajstić information content (AvgIpc) is 2.67. The van der Waals surface area contributed by atoms with Crippen molar-refractivity contribution in [3.05, 3.63) is 94.3 Å². The Kier molecular flexibility index (Phi) is 6.31. The summed E-state index contributed by atoms with van der Waals surface area (Å²) >= 11 is 0. The highest BCUT2D eigenvalue weighted by Gasteiger charge is 2.32. The standard InChI is InChI=1S/C26H31F/c1-5-7-10-19(6-2)24-16-13-20-11-8-9-12-23(20)26(24)21-14-15-22(18(3)4)25(27)17-21/h6-12,14-15,17-18,24,26H,5,13,16H2,1-4H3/b10-7-,19-6+. The first-order valence-electron chi connectivity index (χ1n) is 10.3. The average molecular weight is 363 g/mol. The van der Waals surface area contributed by atoms with Crippen molar-refractivity contribution in [2.24, 2.45) is 5.92 Å². The van der Waals surface area contributed by atoms with Gasteiger partial charge in [-0.15, -0.1) is 0 Å². The summed E-state index contributed by atoms with van der Waals surface area (Å²) in [5.74, 6) is 0.720. The minimum atomic E-state index is -0.0737. The molecular formula is C26H31F. The molecule has 0 spiro atoms. The number of benzene rings is 2. The summed E-state index contributed by atoms with van der Waals surface area (Å²) in [6.07, 6.45) is 9.95. The fraction of sp³-hybridized carbons (Fsp3) is 0.385. The van der Waals surface area contributed by atoms with E-state index in [0.717, 1.165) is 30.4 Å². The van der Waals surface area contributed by atoms with Gasteiger partial charge in [0.15, 0.2) is 0 Å². The van der Waals surface area contributed by atoms with Gasteiger partial charge in [-0.3, -0.25) is 0 Å². The van der Waals surface area contributed by atoms with E-state index in [-0.39, 0.29) is 17.7 Å². The highest BCUT2D eigenvalue weighted by Crippen LogP contribution is 2.45. The molecule has 0 aliphatic heterocycles. The fourth-order valence-electron chi connectivity index (χ4n) is 4.42. The molecule has 1 aliphatic rings. The SMILES string of the molecule is C/C=C(\C=C/CC)C1CCc2ccccc2C1c1ccc(C(C)C)c(F)c1. The van der Waals surface area contributed by atoms with Crippen molar-refractivity contribution in [2.45, 2.75) is 58.8 Å². The molecule has 0 bridgehead atoms. The maximum atomic E-state index is 14.8. The van der Waals surface area contributed by atoms with Crippen LogP contribution in [-0.2, 0) is 6.42 Å². The molecule has 3 rings (SSSR count). The monoisotopic (exact) mass is 362 g/mol. The van der Waals surface area contributed by atoms with E-state index in [2.05, 4.69) is 62.4 Å². The summed E-state index contributed by atoms with van der Waals surface area (Å²) in [6.45, 7) is 8.38. The predicted molar refractivity (Wildman–Crippen MR) is 114 cm³/mol. The van der Waals surface area contributed by atoms with Gasteiger partial charge in [0, 0.05) is 5.92 Å². The topological polar surface area (TPSA) is 0 Å². The largest absolute Gasteiger partial charge is 0.207 e. The number of allylic oxidation sites excluding steroid dienone is 4. The molecule has 2 atom stereocenters. The van der Waals surface area contributed by atoms with E-state index in [9.17, 15) is 4.39 Å². The van der Waals surface area contributed by atoms with Crippen LogP contribution >= 0.6 is 0 Å². The van der Waals surface area contributed by atoms with Crippen LogP contribution in [-0.4, -0.2) is 0 Å². The Bertz CT molecular complexity index is 841. The normalized spacial score (nSPS) is 20.3. The van der Waals surface area contributed by atoms with Crippen LogP contribution in [0, 0.1) is 11.7 Å². The molecule has 2 unspecified atom stereocenters. The molecular weight excluding hydrogens is 331 g/mol. The van der Waals surface area contributed by atoms with E-state index in [1.54, 1.807) is 6.07 Å². The van der Waals surface area contributed by atoms with E-state index in [4.69, 9.17) is 0 Å². The molecule has 0 saturated carbocycles. The van der Waals surface area contributed by atoms with Crippen LogP contribution in [0.25, 0.3) is 0 Å². The van der Waals surface area contributed by atoms with Gasteiger partial charge in [0.2, 0.25) is 0 Å². The van der Waals surface area contributed by atoms with Crippen molar-refractivity contribution in [2.75, 3.05) is 0 Å². The van der Waals surface area contributed by atoms with Gasteiger partial charge in [0.25, 0.3) is 0 Å². The summed E-state index contributed by atoms with van der Waals surface area (Å²) in [4.78, 5) is 0. The molecule has 0 aromatic heterocycles. The van der Waals surface area contributed by atoms with Crippen LogP contribution in [0.2, 0.25) is 0 Å². The lowest BCUT2D eigenvalue weighted by Crippen LogP contribution is -2.23. The maximum absolute atomic E-state index is 14.8. The van der Waals surface area contributed by atoms with E-state index >= 15 is 0 Å². The van der Waals surface area contributed by atoms with Crippen molar-refractivity contribution in [3.63, 3.8) is 0 Å². The Morgan fingerprint density at radius 1 is 1.19 bits per heavy atom. The minimum Gasteiger partial charge on any atom is -0.207 e.